The molecule has 2 aromatic rings. The van der Waals surface area contributed by atoms with Gasteiger partial charge in [0.25, 0.3) is 0 Å². The first kappa shape index (κ1) is 13.3. The van der Waals surface area contributed by atoms with E-state index >= 15 is 0 Å². The Balaban J connectivity index is 1.93. The van der Waals surface area contributed by atoms with Crippen LogP contribution in [-0.4, -0.2) is 23.8 Å². The van der Waals surface area contributed by atoms with Crippen molar-refractivity contribution in [2.45, 2.75) is 13.0 Å². The molecule has 0 N–H and O–H groups in total. The van der Waals surface area contributed by atoms with Gasteiger partial charge in [-0.1, -0.05) is 48.0 Å². The van der Waals surface area contributed by atoms with Crippen LogP contribution in [0.1, 0.15) is 27.9 Å². The molecule has 2 aromatic carbocycles. The summed E-state index contributed by atoms with van der Waals surface area (Å²) in [6.07, 6.45) is 1.25. The third-order valence-electron chi connectivity index (χ3n) is 3.72. The third kappa shape index (κ3) is 2.62. The summed E-state index contributed by atoms with van der Waals surface area (Å²) in [7, 11) is 0. The normalized spacial score (nSPS) is 14.8. The molecule has 0 aromatic heterocycles. The molecule has 1 aliphatic rings. The lowest BCUT2D eigenvalue weighted by Gasteiger charge is -2.31. The zero-order valence-corrected chi connectivity index (χ0v) is 11.9. The standard InChI is InChI=1S/C17H16ClNO/c18-16-9-4-3-8-15(16)17(20)14-7-2-1-6-13(14)12-19-10-5-11-19/h1-4,6-9H,5,10-12H2. The van der Waals surface area contributed by atoms with E-state index in [1.807, 2.05) is 36.4 Å². The average molecular weight is 286 g/mol. The number of rotatable bonds is 4. The zero-order valence-electron chi connectivity index (χ0n) is 11.2. The van der Waals surface area contributed by atoms with Crippen molar-refractivity contribution in [2.24, 2.45) is 0 Å². The summed E-state index contributed by atoms with van der Waals surface area (Å²) in [5.41, 5.74) is 2.41. The summed E-state index contributed by atoms with van der Waals surface area (Å²) in [5, 5.41) is 0.510. The molecule has 1 heterocycles. The largest absolute Gasteiger partial charge is 0.299 e. The SMILES string of the molecule is O=C(c1ccccc1Cl)c1ccccc1CN1CCC1. The van der Waals surface area contributed by atoms with Crippen LogP contribution in [0.4, 0.5) is 0 Å². The lowest BCUT2D eigenvalue weighted by molar-refractivity contribution is 0.103. The number of likely N-dealkylation sites (tertiary alicyclic amines) is 1. The summed E-state index contributed by atoms with van der Waals surface area (Å²) in [6.45, 7) is 3.08. The molecule has 3 rings (SSSR count). The van der Waals surface area contributed by atoms with Crippen molar-refractivity contribution in [1.29, 1.82) is 0 Å². The van der Waals surface area contributed by atoms with Gasteiger partial charge in [0.1, 0.15) is 0 Å². The number of carbonyl (C=O) groups is 1. The first-order valence-electron chi connectivity index (χ1n) is 6.85. The predicted molar refractivity (Wildman–Crippen MR) is 81.2 cm³/mol. The quantitative estimate of drug-likeness (QED) is 0.797. The molecule has 1 aliphatic heterocycles. The van der Waals surface area contributed by atoms with Crippen LogP contribution in [0, 0.1) is 0 Å². The van der Waals surface area contributed by atoms with E-state index in [2.05, 4.69) is 4.90 Å². The molecule has 2 nitrogen and oxygen atoms in total. The van der Waals surface area contributed by atoms with Crippen LogP contribution >= 0.6 is 11.6 Å². The van der Waals surface area contributed by atoms with Gasteiger partial charge < -0.3 is 0 Å². The highest BCUT2D eigenvalue weighted by atomic mass is 35.5. The molecule has 0 atom stereocenters. The van der Waals surface area contributed by atoms with E-state index in [0.717, 1.165) is 30.8 Å². The van der Waals surface area contributed by atoms with Crippen molar-refractivity contribution < 1.29 is 4.79 Å². The van der Waals surface area contributed by atoms with Crippen molar-refractivity contribution in [2.75, 3.05) is 13.1 Å². The van der Waals surface area contributed by atoms with E-state index in [9.17, 15) is 4.79 Å². The second-order valence-corrected chi connectivity index (χ2v) is 5.50. The Kier molecular flexibility index (Phi) is 3.86. The van der Waals surface area contributed by atoms with E-state index in [1.54, 1.807) is 12.1 Å². The van der Waals surface area contributed by atoms with E-state index in [4.69, 9.17) is 11.6 Å². The highest BCUT2D eigenvalue weighted by Crippen LogP contribution is 2.23. The number of carbonyl (C=O) groups excluding carboxylic acids is 1. The number of halogens is 1. The Labute approximate surface area is 124 Å². The maximum absolute atomic E-state index is 12.7. The van der Waals surface area contributed by atoms with Crippen molar-refractivity contribution in [3.05, 3.63) is 70.2 Å². The van der Waals surface area contributed by atoms with Gasteiger partial charge in [-0.25, -0.2) is 0 Å². The molecule has 0 bridgehead atoms. The molecule has 0 saturated carbocycles. The molecule has 0 radical (unpaired) electrons. The first-order valence-corrected chi connectivity index (χ1v) is 7.23. The van der Waals surface area contributed by atoms with Crippen LogP contribution in [-0.2, 0) is 6.54 Å². The van der Waals surface area contributed by atoms with E-state index in [1.165, 1.54) is 6.42 Å². The molecular weight excluding hydrogens is 270 g/mol. The van der Waals surface area contributed by atoms with Crippen LogP contribution in [0.25, 0.3) is 0 Å². The van der Waals surface area contributed by atoms with Gasteiger partial charge in [-0.2, -0.15) is 0 Å². The highest BCUT2D eigenvalue weighted by Gasteiger charge is 2.19. The zero-order chi connectivity index (χ0) is 13.9. The smallest absolute Gasteiger partial charge is 0.194 e. The molecule has 0 spiro atoms. The molecule has 1 fully saturated rings. The fourth-order valence-corrected chi connectivity index (χ4v) is 2.67. The van der Waals surface area contributed by atoms with Crippen LogP contribution in [0.15, 0.2) is 48.5 Å². The summed E-state index contributed by atoms with van der Waals surface area (Å²) < 4.78 is 0. The third-order valence-corrected chi connectivity index (χ3v) is 4.05. The van der Waals surface area contributed by atoms with Gasteiger partial charge in [-0.05, 0) is 37.2 Å². The highest BCUT2D eigenvalue weighted by molar-refractivity contribution is 6.35. The summed E-state index contributed by atoms with van der Waals surface area (Å²) in [5.74, 6) is 0.00623. The number of ketones is 1. The molecule has 0 aliphatic carbocycles. The molecule has 20 heavy (non-hydrogen) atoms. The van der Waals surface area contributed by atoms with Gasteiger partial charge in [0.15, 0.2) is 5.78 Å². The number of hydrogen-bond acceptors (Lipinski definition) is 2. The minimum absolute atomic E-state index is 0.00623. The second-order valence-electron chi connectivity index (χ2n) is 5.10. The number of nitrogens with zero attached hydrogens (tertiary/aromatic N) is 1. The van der Waals surface area contributed by atoms with Crippen LogP contribution < -0.4 is 0 Å². The monoisotopic (exact) mass is 285 g/mol. The summed E-state index contributed by atoms with van der Waals surface area (Å²) >= 11 is 6.13. The molecule has 1 saturated heterocycles. The average Bonchev–Trinajstić information content (AvgIpc) is 2.43. The minimum Gasteiger partial charge on any atom is -0.299 e. The van der Waals surface area contributed by atoms with Gasteiger partial charge in [-0.15, -0.1) is 0 Å². The Bertz CT molecular complexity index is 634. The lowest BCUT2D eigenvalue weighted by Crippen LogP contribution is -2.36. The minimum atomic E-state index is 0.00623. The summed E-state index contributed by atoms with van der Waals surface area (Å²) in [4.78, 5) is 15.0. The predicted octanol–water partition coefficient (Wildman–Crippen LogP) is 3.78. The molecular formula is C17H16ClNO. The van der Waals surface area contributed by atoms with Gasteiger partial charge >= 0.3 is 0 Å². The lowest BCUT2D eigenvalue weighted by atomic mass is 9.97. The van der Waals surface area contributed by atoms with Crippen LogP contribution in [0.2, 0.25) is 5.02 Å². The van der Waals surface area contributed by atoms with Crippen molar-refractivity contribution in [3.8, 4) is 0 Å². The Hall–Kier alpha value is -1.64. The topological polar surface area (TPSA) is 20.3 Å². The molecule has 0 amide bonds. The number of benzene rings is 2. The summed E-state index contributed by atoms with van der Waals surface area (Å²) in [6, 6.07) is 15.0. The van der Waals surface area contributed by atoms with Gasteiger partial charge in [0.2, 0.25) is 0 Å². The fourth-order valence-electron chi connectivity index (χ4n) is 2.45. The maximum Gasteiger partial charge on any atom is 0.194 e. The maximum atomic E-state index is 12.7. The fraction of sp³-hybridized carbons (Fsp3) is 0.235. The van der Waals surface area contributed by atoms with E-state index in [-0.39, 0.29) is 5.78 Å². The van der Waals surface area contributed by atoms with Crippen LogP contribution in [0.3, 0.4) is 0 Å². The van der Waals surface area contributed by atoms with Crippen molar-refractivity contribution in [1.82, 2.24) is 4.90 Å². The Morgan fingerprint density at radius 1 is 1.00 bits per heavy atom. The van der Waals surface area contributed by atoms with Crippen molar-refractivity contribution >= 4 is 17.4 Å². The molecule has 3 heteroatoms. The number of hydrogen-bond donors (Lipinski definition) is 0. The van der Waals surface area contributed by atoms with E-state index in [0.29, 0.717) is 10.6 Å². The van der Waals surface area contributed by atoms with Crippen LogP contribution in [0.5, 0.6) is 0 Å². The van der Waals surface area contributed by atoms with Gasteiger partial charge in [-0.3, -0.25) is 9.69 Å². The van der Waals surface area contributed by atoms with Gasteiger partial charge in [0.05, 0.1) is 5.02 Å². The molecule has 102 valence electrons. The second kappa shape index (κ2) is 5.78. The molecule has 0 unspecified atom stereocenters. The van der Waals surface area contributed by atoms with Gasteiger partial charge in [0, 0.05) is 17.7 Å². The first-order chi connectivity index (χ1) is 9.75. The van der Waals surface area contributed by atoms with Crippen molar-refractivity contribution in [3.63, 3.8) is 0 Å². The Morgan fingerprint density at radius 2 is 1.65 bits per heavy atom. The Morgan fingerprint density at radius 3 is 2.30 bits per heavy atom. The van der Waals surface area contributed by atoms with E-state index < -0.39 is 0 Å².